The summed E-state index contributed by atoms with van der Waals surface area (Å²) in [6.07, 6.45) is -0.319. The highest BCUT2D eigenvalue weighted by atomic mass is 16.5. The predicted molar refractivity (Wildman–Crippen MR) is 43.7 cm³/mol. The van der Waals surface area contributed by atoms with E-state index in [1.165, 1.54) is 0 Å². The SMILES string of the molecule is C[C@@H](O)CC(=O)N1CCOCC1. The van der Waals surface area contributed by atoms with Crippen LogP contribution < -0.4 is 0 Å². The summed E-state index contributed by atoms with van der Waals surface area (Å²) in [6.45, 7) is 4.17. The van der Waals surface area contributed by atoms with E-state index in [1.54, 1.807) is 11.8 Å². The molecule has 1 amide bonds. The Morgan fingerprint density at radius 2 is 2.17 bits per heavy atom. The molecule has 0 spiro atoms. The molecular formula is C8H15NO3. The molecule has 0 bridgehead atoms. The first-order valence-electron chi connectivity index (χ1n) is 4.23. The minimum Gasteiger partial charge on any atom is -0.393 e. The highest BCUT2D eigenvalue weighted by molar-refractivity contribution is 5.76. The Labute approximate surface area is 72.1 Å². The van der Waals surface area contributed by atoms with Crippen LogP contribution in [0.2, 0.25) is 0 Å². The third-order valence-corrected chi connectivity index (χ3v) is 1.83. The lowest BCUT2D eigenvalue weighted by molar-refractivity contribution is -0.137. The zero-order chi connectivity index (χ0) is 8.97. The van der Waals surface area contributed by atoms with Crippen molar-refractivity contribution in [2.24, 2.45) is 0 Å². The molecule has 0 aromatic heterocycles. The van der Waals surface area contributed by atoms with Gasteiger partial charge in [-0.05, 0) is 6.92 Å². The Morgan fingerprint density at radius 3 is 2.67 bits per heavy atom. The standard InChI is InChI=1S/C8H15NO3/c1-7(10)6-8(11)9-2-4-12-5-3-9/h7,10H,2-6H2,1H3/t7-/m1/s1. The fraction of sp³-hybridized carbons (Fsp3) is 0.875. The van der Waals surface area contributed by atoms with Gasteiger partial charge < -0.3 is 14.7 Å². The number of morpholine rings is 1. The number of aliphatic hydroxyl groups is 1. The number of hydrogen-bond donors (Lipinski definition) is 1. The van der Waals surface area contributed by atoms with Gasteiger partial charge in [0, 0.05) is 13.1 Å². The largest absolute Gasteiger partial charge is 0.393 e. The molecule has 1 N–H and O–H groups in total. The molecule has 70 valence electrons. The number of aliphatic hydroxyl groups excluding tert-OH is 1. The van der Waals surface area contributed by atoms with Gasteiger partial charge in [0.15, 0.2) is 0 Å². The normalized spacial score (nSPS) is 20.7. The quantitative estimate of drug-likeness (QED) is 0.619. The molecule has 1 fully saturated rings. The third-order valence-electron chi connectivity index (χ3n) is 1.83. The average molecular weight is 173 g/mol. The molecule has 1 saturated heterocycles. The second-order valence-electron chi connectivity index (χ2n) is 3.05. The van der Waals surface area contributed by atoms with Gasteiger partial charge in [-0.25, -0.2) is 0 Å². The lowest BCUT2D eigenvalue weighted by Crippen LogP contribution is -2.41. The van der Waals surface area contributed by atoms with Crippen LogP contribution in [0.25, 0.3) is 0 Å². The minimum absolute atomic E-state index is 0.0216. The molecule has 0 saturated carbocycles. The van der Waals surface area contributed by atoms with E-state index in [0.717, 1.165) is 0 Å². The minimum atomic E-state index is -0.541. The molecule has 4 nitrogen and oxygen atoms in total. The zero-order valence-electron chi connectivity index (χ0n) is 7.32. The first-order valence-corrected chi connectivity index (χ1v) is 4.23. The molecule has 0 aromatic rings. The summed E-state index contributed by atoms with van der Waals surface area (Å²) in [5.41, 5.74) is 0. The molecule has 0 aliphatic carbocycles. The monoisotopic (exact) mass is 173 g/mol. The van der Waals surface area contributed by atoms with Crippen molar-refractivity contribution in [3.05, 3.63) is 0 Å². The lowest BCUT2D eigenvalue weighted by atomic mass is 10.2. The molecule has 1 heterocycles. The second kappa shape index (κ2) is 4.42. The summed E-state index contributed by atoms with van der Waals surface area (Å²) in [6, 6.07) is 0. The van der Waals surface area contributed by atoms with Gasteiger partial charge in [-0.3, -0.25) is 4.79 Å². The van der Waals surface area contributed by atoms with Crippen LogP contribution in [-0.2, 0) is 9.53 Å². The fourth-order valence-electron chi connectivity index (χ4n) is 1.19. The van der Waals surface area contributed by atoms with Crippen LogP contribution in [-0.4, -0.2) is 48.3 Å². The van der Waals surface area contributed by atoms with Crippen molar-refractivity contribution in [1.82, 2.24) is 4.90 Å². The van der Waals surface area contributed by atoms with Crippen LogP contribution in [0.15, 0.2) is 0 Å². The molecule has 1 aliphatic heterocycles. The van der Waals surface area contributed by atoms with Gasteiger partial charge in [-0.2, -0.15) is 0 Å². The van der Waals surface area contributed by atoms with E-state index in [1.807, 2.05) is 0 Å². The van der Waals surface area contributed by atoms with Crippen molar-refractivity contribution in [2.75, 3.05) is 26.3 Å². The first kappa shape index (κ1) is 9.48. The highest BCUT2D eigenvalue weighted by Crippen LogP contribution is 2.01. The van der Waals surface area contributed by atoms with Crippen molar-refractivity contribution < 1.29 is 14.6 Å². The van der Waals surface area contributed by atoms with Crippen LogP contribution >= 0.6 is 0 Å². The van der Waals surface area contributed by atoms with E-state index >= 15 is 0 Å². The van der Waals surface area contributed by atoms with Crippen LogP contribution in [0.4, 0.5) is 0 Å². The van der Waals surface area contributed by atoms with E-state index < -0.39 is 6.10 Å². The van der Waals surface area contributed by atoms with E-state index in [-0.39, 0.29) is 12.3 Å². The average Bonchev–Trinajstić information content (AvgIpc) is 2.05. The summed E-state index contributed by atoms with van der Waals surface area (Å²) in [7, 11) is 0. The Bertz CT molecular complexity index is 152. The molecule has 1 aliphatic rings. The van der Waals surface area contributed by atoms with E-state index in [9.17, 15) is 4.79 Å². The molecular weight excluding hydrogens is 158 g/mol. The maximum absolute atomic E-state index is 11.3. The first-order chi connectivity index (χ1) is 5.70. The summed E-state index contributed by atoms with van der Waals surface area (Å²) >= 11 is 0. The van der Waals surface area contributed by atoms with Gasteiger partial charge in [0.1, 0.15) is 0 Å². The maximum atomic E-state index is 11.3. The summed E-state index contributed by atoms with van der Waals surface area (Å²) in [4.78, 5) is 13.1. The second-order valence-corrected chi connectivity index (χ2v) is 3.05. The Kier molecular flexibility index (Phi) is 3.49. The predicted octanol–water partition coefficient (Wildman–Crippen LogP) is -0.384. The zero-order valence-corrected chi connectivity index (χ0v) is 7.32. The van der Waals surface area contributed by atoms with E-state index in [4.69, 9.17) is 9.84 Å². The number of nitrogens with zero attached hydrogens (tertiary/aromatic N) is 1. The topological polar surface area (TPSA) is 49.8 Å². The smallest absolute Gasteiger partial charge is 0.225 e. The van der Waals surface area contributed by atoms with Crippen molar-refractivity contribution in [3.8, 4) is 0 Å². The molecule has 4 heteroatoms. The number of rotatable bonds is 2. The highest BCUT2D eigenvalue weighted by Gasteiger charge is 2.17. The molecule has 1 rings (SSSR count). The Morgan fingerprint density at radius 1 is 1.58 bits per heavy atom. The number of hydrogen-bond acceptors (Lipinski definition) is 3. The van der Waals surface area contributed by atoms with Gasteiger partial charge in [0.2, 0.25) is 5.91 Å². The molecule has 0 unspecified atom stereocenters. The molecule has 12 heavy (non-hydrogen) atoms. The Hall–Kier alpha value is -0.610. The van der Waals surface area contributed by atoms with Crippen molar-refractivity contribution in [3.63, 3.8) is 0 Å². The van der Waals surface area contributed by atoms with Crippen LogP contribution in [0, 0.1) is 0 Å². The third kappa shape index (κ3) is 2.79. The van der Waals surface area contributed by atoms with Gasteiger partial charge in [0.05, 0.1) is 25.7 Å². The molecule has 0 radical (unpaired) electrons. The van der Waals surface area contributed by atoms with Gasteiger partial charge in [0.25, 0.3) is 0 Å². The molecule has 0 aromatic carbocycles. The number of ether oxygens (including phenoxy) is 1. The number of amides is 1. The summed E-state index contributed by atoms with van der Waals surface area (Å²) in [5.74, 6) is 0.0216. The van der Waals surface area contributed by atoms with Gasteiger partial charge in [-0.1, -0.05) is 0 Å². The van der Waals surface area contributed by atoms with Gasteiger partial charge in [-0.15, -0.1) is 0 Å². The summed E-state index contributed by atoms with van der Waals surface area (Å²) in [5, 5.41) is 8.97. The van der Waals surface area contributed by atoms with Crippen LogP contribution in [0.3, 0.4) is 0 Å². The van der Waals surface area contributed by atoms with E-state index in [0.29, 0.717) is 26.3 Å². The number of carbonyl (C=O) groups is 1. The van der Waals surface area contributed by atoms with Crippen molar-refractivity contribution in [1.29, 1.82) is 0 Å². The summed E-state index contributed by atoms with van der Waals surface area (Å²) < 4.78 is 5.10. The fourth-order valence-corrected chi connectivity index (χ4v) is 1.19. The van der Waals surface area contributed by atoms with Gasteiger partial charge >= 0.3 is 0 Å². The van der Waals surface area contributed by atoms with Crippen LogP contribution in [0.1, 0.15) is 13.3 Å². The Balaban J connectivity index is 2.30. The van der Waals surface area contributed by atoms with Crippen molar-refractivity contribution >= 4 is 5.91 Å². The van der Waals surface area contributed by atoms with Crippen LogP contribution in [0.5, 0.6) is 0 Å². The van der Waals surface area contributed by atoms with E-state index in [2.05, 4.69) is 0 Å². The molecule has 1 atom stereocenters. The maximum Gasteiger partial charge on any atom is 0.225 e. The van der Waals surface area contributed by atoms with Crippen molar-refractivity contribution in [2.45, 2.75) is 19.4 Å². The number of carbonyl (C=O) groups excluding carboxylic acids is 1. The lowest BCUT2D eigenvalue weighted by Gasteiger charge is -2.27.